The fourth-order valence-corrected chi connectivity index (χ4v) is 3.55. The highest BCUT2D eigenvalue weighted by Gasteiger charge is 2.12. The van der Waals surface area contributed by atoms with Crippen molar-refractivity contribution in [3.63, 3.8) is 0 Å². The smallest absolute Gasteiger partial charge is 0.216 e. The second-order valence-electron chi connectivity index (χ2n) is 3.74. The molecule has 0 saturated carbocycles. The molecule has 0 N–H and O–H groups in total. The summed E-state index contributed by atoms with van der Waals surface area (Å²) in [4.78, 5) is 8.51. The fraction of sp³-hybridized carbons (Fsp3) is 0.231. The van der Waals surface area contributed by atoms with Gasteiger partial charge in [0.25, 0.3) is 0 Å². The Balaban J connectivity index is 2.16. The summed E-state index contributed by atoms with van der Waals surface area (Å²) in [5, 5.41) is 0. The van der Waals surface area contributed by atoms with E-state index in [0.29, 0.717) is 5.88 Å². The lowest BCUT2D eigenvalue weighted by atomic mass is 10.1. The van der Waals surface area contributed by atoms with Gasteiger partial charge in [-0.2, -0.15) is 0 Å². The Bertz CT molecular complexity index is 536. The van der Waals surface area contributed by atoms with Crippen molar-refractivity contribution in [1.82, 2.24) is 9.97 Å². The number of benzene rings is 1. The molecule has 1 atom stereocenters. The first-order valence-corrected chi connectivity index (χ1v) is 7.43. The molecule has 0 fully saturated rings. The maximum absolute atomic E-state index is 5.10. The molecule has 0 spiro atoms. The average Bonchev–Trinajstić information content (AvgIpc) is 2.39. The third kappa shape index (κ3) is 3.41. The van der Waals surface area contributed by atoms with Crippen molar-refractivity contribution in [2.45, 2.75) is 11.2 Å². The SMILES string of the molecule is COc1cc(CC(Br)c2ccccc2I)ncn1. The van der Waals surface area contributed by atoms with Crippen LogP contribution in [0.2, 0.25) is 0 Å². The molecular formula is C13H12BrIN2O. The minimum Gasteiger partial charge on any atom is -0.481 e. The van der Waals surface area contributed by atoms with Crippen LogP contribution in [-0.4, -0.2) is 17.1 Å². The second kappa shape index (κ2) is 6.47. The van der Waals surface area contributed by atoms with Gasteiger partial charge in [-0.05, 0) is 34.2 Å². The highest BCUT2D eigenvalue weighted by molar-refractivity contribution is 14.1. The molecule has 18 heavy (non-hydrogen) atoms. The van der Waals surface area contributed by atoms with Crippen molar-refractivity contribution < 1.29 is 4.74 Å². The largest absolute Gasteiger partial charge is 0.481 e. The van der Waals surface area contributed by atoms with E-state index in [0.717, 1.165) is 12.1 Å². The van der Waals surface area contributed by atoms with Gasteiger partial charge in [0.2, 0.25) is 5.88 Å². The van der Waals surface area contributed by atoms with Crippen molar-refractivity contribution in [3.8, 4) is 5.88 Å². The molecule has 0 bridgehead atoms. The van der Waals surface area contributed by atoms with Crippen LogP contribution in [0.4, 0.5) is 0 Å². The van der Waals surface area contributed by atoms with Crippen LogP contribution in [0, 0.1) is 3.57 Å². The third-order valence-corrected chi connectivity index (χ3v) is 4.34. The lowest BCUT2D eigenvalue weighted by Crippen LogP contribution is -2.01. The van der Waals surface area contributed by atoms with E-state index in [2.05, 4.69) is 60.6 Å². The van der Waals surface area contributed by atoms with E-state index in [1.54, 1.807) is 7.11 Å². The Morgan fingerprint density at radius 3 is 2.83 bits per heavy atom. The van der Waals surface area contributed by atoms with Gasteiger partial charge in [-0.25, -0.2) is 9.97 Å². The van der Waals surface area contributed by atoms with E-state index in [1.807, 2.05) is 18.2 Å². The summed E-state index contributed by atoms with van der Waals surface area (Å²) in [5.41, 5.74) is 2.24. The highest BCUT2D eigenvalue weighted by atomic mass is 127. The summed E-state index contributed by atoms with van der Waals surface area (Å²) in [6, 6.07) is 10.2. The monoisotopic (exact) mass is 418 g/mol. The predicted molar refractivity (Wildman–Crippen MR) is 83.1 cm³/mol. The fourth-order valence-electron chi connectivity index (χ4n) is 1.62. The van der Waals surface area contributed by atoms with E-state index in [9.17, 15) is 0 Å². The summed E-state index contributed by atoms with van der Waals surface area (Å²) in [6.45, 7) is 0. The molecule has 1 aromatic carbocycles. The molecule has 94 valence electrons. The minimum absolute atomic E-state index is 0.241. The molecule has 5 heteroatoms. The highest BCUT2D eigenvalue weighted by Crippen LogP contribution is 2.30. The molecule has 0 amide bonds. The molecule has 2 aromatic rings. The number of nitrogens with zero attached hydrogens (tertiary/aromatic N) is 2. The molecule has 0 aliphatic rings. The lowest BCUT2D eigenvalue weighted by molar-refractivity contribution is 0.396. The molecule has 1 heterocycles. The Kier molecular flexibility index (Phi) is 4.94. The van der Waals surface area contributed by atoms with Gasteiger partial charge in [-0.3, -0.25) is 0 Å². The van der Waals surface area contributed by atoms with E-state index in [-0.39, 0.29) is 4.83 Å². The normalized spacial score (nSPS) is 12.2. The van der Waals surface area contributed by atoms with Crippen LogP contribution in [0.3, 0.4) is 0 Å². The summed E-state index contributed by atoms with van der Waals surface area (Å²) in [5.74, 6) is 0.599. The molecule has 1 aromatic heterocycles. The molecule has 0 saturated heterocycles. The Hall–Kier alpha value is -0.690. The zero-order chi connectivity index (χ0) is 13.0. The first-order valence-electron chi connectivity index (χ1n) is 5.44. The van der Waals surface area contributed by atoms with Crippen molar-refractivity contribution in [2.24, 2.45) is 0 Å². The summed E-state index contributed by atoms with van der Waals surface area (Å²) >= 11 is 6.06. The maximum Gasteiger partial charge on any atom is 0.216 e. The third-order valence-electron chi connectivity index (χ3n) is 2.54. The summed E-state index contributed by atoms with van der Waals surface area (Å²) in [6.07, 6.45) is 2.34. The van der Waals surface area contributed by atoms with Gasteiger partial charge < -0.3 is 4.74 Å². The zero-order valence-corrected chi connectivity index (χ0v) is 13.6. The van der Waals surface area contributed by atoms with E-state index in [4.69, 9.17) is 4.74 Å². The van der Waals surface area contributed by atoms with E-state index in [1.165, 1.54) is 15.5 Å². The topological polar surface area (TPSA) is 35.0 Å². The van der Waals surface area contributed by atoms with Crippen LogP contribution < -0.4 is 4.74 Å². The second-order valence-corrected chi connectivity index (χ2v) is 6.01. The Morgan fingerprint density at radius 1 is 1.33 bits per heavy atom. The minimum atomic E-state index is 0.241. The lowest BCUT2D eigenvalue weighted by Gasteiger charge is -2.11. The molecular weight excluding hydrogens is 407 g/mol. The van der Waals surface area contributed by atoms with E-state index >= 15 is 0 Å². The molecule has 2 rings (SSSR count). The maximum atomic E-state index is 5.10. The van der Waals surface area contributed by atoms with Crippen LogP contribution in [0.1, 0.15) is 16.1 Å². The predicted octanol–water partition coefficient (Wildman–Crippen LogP) is 3.77. The standard InChI is InChI=1S/C13H12BrIN2O/c1-18-13-7-9(16-8-17-13)6-11(14)10-4-2-3-5-12(10)15/h2-5,7-8,11H,6H2,1H3. The van der Waals surface area contributed by atoms with Crippen LogP contribution in [0.15, 0.2) is 36.7 Å². The number of aromatic nitrogens is 2. The number of hydrogen-bond acceptors (Lipinski definition) is 3. The Labute approximate surface area is 128 Å². The van der Waals surface area contributed by atoms with Crippen LogP contribution >= 0.6 is 38.5 Å². The van der Waals surface area contributed by atoms with Gasteiger partial charge in [0.15, 0.2) is 0 Å². The Morgan fingerprint density at radius 2 is 2.11 bits per heavy atom. The van der Waals surface area contributed by atoms with E-state index < -0.39 is 0 Å². The van der Waals surface area contributed by atoms with Crippen LogP contribution in [0.25, 0.3) is 0 Å². The molecule has 0 radical (unpaired) electrons. The van der Waals surface area contributed by atoms with Gasteiger partial charge in [-0.15, -0.1) is 0 Å². The quantitative estimate of drug-likeness (QED) is 0.560. The van der Waals surface area contributed by atoms with Crippen molar-refractivity contribution in [2.75, 3.05) is 7.11 Å². The average molecular weight is 419 g/mol. The molecule has 0 aliphatic carbocycles. The van der Waals surface area contributed by atoms with Gasteiger partial charge in [-0.1, -0.05) is 34.1 Å². The van der Waals surface area contributed by atoms with Crippen LogP contribution in [0.5, 0.6) is 5.88 Å². The molecule has 3 nitrogen and oxygen atoms in total. The number of methoxy groups -OCH3 is 1. The van der Waals surface area contributed by atoms with Gasteiger partial charge in [0.05, 0.1) is 7.11 Å². The molecule has 1 unspecified atom stereocenters. The van der Waals surface area contributed by atoms with Crippen molar-refractivity contribution >= 4 is 38.5 Å². The first-order chi connectivity index (χ1) is 8.70. The van der Waals surface area contributed by atoms with Crippen LogP contribution in [-0.2, 0) is 6.42 Å². The number of ether oxygens (including phenoxy) is 1. The molecule has 0 aliphatic heterocycles. The number of rotatable bonds is 4. The first kappa shape index (κ1) is 13.7. The van der Waals surface area contributed by atoms with Gasteiger partial charge in [0, 0.05) is 26.6 Å². The summed E-state index contributed by atoms with van der Waals surface area (Å²) in [7, 11) is 1.61. The summed E-state index contributed by atoms with van der Waals surface area (Å²) < 4.78 is 6.35. The number of alkyl halides is 1. The van der Waals surface area contributed by atoms with Gasteiger partial charge in [0.1, 0.15) is 6.33 Å². The zero-order valence-electron chi connectivity index (χ0n) is 9.81. The van der Waals surface area contributed by atoms with Crippen molar-refractivity contribution in [1.29, 1.82) is 0 Å². The number of halogens is 2. The number of hydrogen-bond donors (Lipinski definition) is 0. The van der Waals surface area contributed by atoms with Crippen molar-refractivity contribution in [3.05, 3.63) is 51.5 Å². The van der Waals surface area contributed by atoms with Gasteiger partial charge >= 0.3 is 0 Å².